The van der Waals surface area contributed by atoms with E-state index in [4.69, 9.17) is 0 Å². The average Bonchev–Trinajstić information content (AvgIpc) is 2.87. The lowest BCUT2D eigenvalue weighted by Crippen LogP contribution is -2.44. The van der Waals surface area contributed by atoms with Gasteiger partial charge in [0.15, 0.2) is 0 Å². The smallest absolute Gasteiger partial charge is 0.257 e. The van der Waals surface area contributed by atoms with Crippen molar-refractivity contribution in [2.75, 3.05) is 13.1 Å². The van der Waals surface area contributed by atoms with E-state index in [2.05, 4.69) is 5.32 Å². The van der Waals surface area contributed by atoms with Crippen LogP contribution >= 0.6 is 0 Å². The molecule has 1 unspecified atom stereocenters. The summed E-state index contributed by atoms with van der Waals surface area (Å²) in [6, 6.07) is 3.82. The topological polar surface area (TPSA) is 52.6 Å². The molecule has 4 nitrogen and oxygen atoms in total. The Bertz CT molecular complexity index is 485. The molecule has 0 saturated carbocycles. The summed E-state index contributed by atoms with van der Waals surface area (Å²) in [7, 11) is 0. The lowest BCUT2D eigenvalue weighted by atomic mass is 10.1. The van der Waals surface area contributed by atoms with Crippen LogP contribution in [0.2, 0.25) is 0 Å². The molecule has 110 valence electrons. The van der Waals surface area contributed by atoms with E-state index in [1.807, 2.05) is 13.8 Å². The fourth-order valence-corrected chi connectivity index (χ4v) is 2.52. The molecule has 1 saturated heterocycles. The van der Waals surface area contributed by atoms with Gasteiger partial charge in [-0.3, -0.25) is 4.79 Å². The van der Waals surface area contributed by atoms with Gasteiger partial charge in [0.2, 0.25) is 0 Å². The Morgan fingerprint density at radius 3 is 2.85 bits per heavy atom. The van der Waals surface area contributed by atoms with E-state index in [9.17, 15) is 14.3 Å². The van der Waals surface area contributed by atoms with Gasteiger partial charge in [0.05, 0.1) is 5.56 Å². The van der Waals surface area contributed by atoms with Crippen molar-refractivity contribution in [1.29, 1.82) is 0 Å². The maximum atomic E-state index is 13.0. The molecule has 0 aromatic heterocycles. The van der Waals surface area contributed by atoms with Crippen LogP contribution in [0.15, 0.2) is 18.2 Å². The quantitative estimate of drug-likeness (QED) is 0.888. The minimum Gasteiger partial charge on any atom is -0.507 e. The summed E-state index contributed by atoms with van der Waals surface area (Å²) in [5.74, 6) is -1.11. The van der Waals surface area contributed by atoms with Crippen LogP contribution in [0.5, 0.6) is 5.75 Å². The highest BCUT2D eigenvalue weighted by Gasteiger charge is 2.26. The van der Waals surface area contributed by atoms with Crippen LogP contribution in [0.25, 0.3) is 0 Å². The lowest BCUT2D eigenvalue weighted by molar-refractivity contribution is 0.0686. The maximum absolute atomic E-state index is 13.0. The largest absolute Gasteiger partial charge is 0.507 e. The molecular weight excluding hydrogens is 259 g/mol. The molecule has 1 aliphatic heterocycles. The number of aromatic hydroxyl groups is 1. The van der Waals surface area contributed by atoms with Crippen LogP contribution in [0, 0.1) is 5.82 Å². The van der Waals surface area contributed by atoms with E-state index < -0.39 is 5.82 Å². The van der Waals surface area contributed by atoms with Gasteiger partial charge >= 0.3 is 0 Å². The number of nitrogens with one attached hydrogen (secondary N) is 1. The first-order valence-electron chi connectivity index (χ1n) is 7.02. The molecule has 1 aromatic carbocycles. The summed E-state index contributed by atoms with van der Waals surface area (Å²) >= 11 is 0. The van der Waals surface area contributed by atoms with Crippen LogP contribution in [0.4, 0.5) is 4.39 Å². The molecule has 0 aliphatic carbocycles. The predicted molar refractivity (Wildman–Crippen MR) is 75.3 cm³/mol. The summed E-state index contributed by atoms with van der Waals surface area (Å²) in [4.78, 5) is 14.2. The standard InChI is InChI=1S/C15H21FN2O2/c1-10(2)18(9-12-4-3-7-17-12)15(20)13-6-5-11(16)8-14(13)19/h5-6,8,10,12,17,19H,3-4,7,9H2,1-2H3. The van der Waals surface area contributed by atoms with Gasteiger partial charge in [0.1, 0.15) is 11.6 Å². The third kappa shape index (κ3) is 3.28. The van der Waals surface area contributed by atoms with Gasteiger partial charge in [0.25, 0.3) is 5.91 Å². The van der Waals surface area contributed by atoms with Crippen LogP contribution in [0.1, 0.15) is 37.0 Å². The monoisotopic (exact) mass is 280 g/mol. The van der Waals surface area contributed by atoms with E-state index in [1.54, 1.807) is 4.90 Å². The Kier molecular flexibility index (Phi) is 4.60. The summed E-state index contributed by atoms with van der Waals surface area (Å²) in [6.07, 6.45) is 2.17. The second-order valence-corrected chi connectivity index (χ2v) is 5.51. The number of benzene rings is 1. The lowest BCUT2D eigenvalue weighted by Gasteiger charge is -2.29. The Hall–Kier alpha value is -1.62. The SMILES string of the molecule is CC(C)N(CC1CCCN1)C(=O)c1ccc(F)cc1O. The predicted octanol–water partition coefficient (Wildman–Crippen LogP) is 2.13. The van der Waals surface area contributed by atoms with Crippen LogP contribution in [0.3, 0.4) is 0 Å². The molecule has 1 fully saturated rings. The molecule has 1 atom stereocenters. The number of carbonyl (C=O) groups is 1. The number of phenolic OH excluding ortho intramolecular Hbond substituents is 1. The zero-order valence-electron chi connectivity index (χ0n) is 11.9. The third-order valence-corrected chi connectivity index (χ3v) is 3.65. The van der Waals surface area contributed by atoms with Crippen molar-refractivity contribution in [3.63, 3.8) is 0 Å². The fourth-order valence-electron chi connectivity index (χ4n) is 2.52. The van der Waals surface area contributed by atoms with Crippen molar-refractivity contribution < 1.29 is 14.3 Å². The van der Waals surface area contributed by atoms with Gasteiger partial charge in [-0.2, -0.15) is 0 Å². The second kappa shape index (κ2) is 6.22. The van der Waals surface area contributed by atoms with Crippen LogP contribution in [-0.2, 0) is 0 Å². The Labute approximate surface area is 118 Å². The first-order chi connectivity index (χ1) is 9.49. The van der Waals surface area contributed by atoms with Gasteiger partial charge in [-0.25, -0.2) is 4.39 Å². The van der Waals surface area contributed by atoms with Gasteiger partial charge in [0, 0.05) is 24.7 Å². The first-order valence-corrected chi connectivity index (χ1v) is 7.02. The molecule has 0 spiro atoms. The highest BCUT2D eigenvalue weighted by Crippen LogP contribution is 2.21. The molecule has 20 heavy (non-hydrogen) atoms. The van der Waals surface area contributed by atoms with E-state index in [0.29, 0.717) is 12.6 Å². The van der Waals surface area contributed by atoms with Gasteiger partial charge in [-0.05, 0) is 45.4 Å². The minimum absolute atomic E-state index is 0.0225. The van der Waals surface area contributed by atoms with E-state index in [0.717, 1.165) is 25.5 Å². The number of hydrogen-bond acceptors (Lipinski definition) is 3. The number of amides is 1. The number of rotatable bonds is 4. The van der Waals surface area contributed by atoms with Crippen molar-refractivity contribution in [1.82, 2.24) is 10.2 Å². The van der Waals surface area contributed by atoms with Crippen molar-refractivity contribution >= 4 is 5.91 Å². The van der Waals surface area contributed by atoms with E-state index in [-0.39, 0.29) is 23.3 Å². The summed E-state index contributed by atoms with van der Waals surface area (Å²) in [5, 5.41) is 13.1. The van der Waals surface area contributed by atoms with Crippen molar-refractivity contribution in [2.24, 2.45) is 0 Å². The Balaban J connectivity index is 2.17. The Morgan fingerprint density at radius 1 is 1.55 bits per heavy atom. The number of halogens is 1. The molecule has 1 heterocycles. The molecule has 2 rings (SSSR count). The number of carbonyl (C=O) groups excluding carboxylic acids is 1. The Morgan fingerprint density at radius 2 is 2.30 bits per heavy atom. The normalized spacial score (nSPS) is 18.5. The molecule has 1 aliphatic rings. The van der Waals surface area contributed by atoms with Crippen LogP contribution < -0.4 is 5.32 Å². The molecule has 5 heteroatoms. The molecule has 1 amide bonds. The molecule has 0 bridgehead atoms. The number of phenols is 1. The molecular formula is C15H21FN2O2. The fraction of sp³-hybridized carbons (Fsp3) is 0.533. The summed E-state index contributed by atoms with van der Waals surface area (Å²) in [6.45, 7) is 5.46. The highest BCUT2D eigenvalue weighted by molar-refractivity contribution is 5.97. The zero-order chi connectivity index (χ0) is 14.7. The molecule has 1 aromatic rings. The average molecular weight is 280 g/mol. The van der Waals surface area contributed by atoms with Gasteiger partial charge in [-0.15, -0.1) is 0 Å². The minimum atomic E-state index is -0.549. The van der Waals surface area contributed by atoms with Crippen LogP contribution in [-0.4, -0.2) is 41.1 Å². The summed E-state index contributed by atoms with van der Waals surface area (Å²) < 4.78 is 13.0. The van der Waals surface area contributed by atoms with Crippen molar-refractivity contribution in [3.05, 3.63) is 29.6 Å². The number of nitrogens with zero attached hydrogens (tertiary/aromatic N) is 1. The molecule has 0 radical (unpaired) electrons. The first kappa shape index (κ1) is 14.8. The second-order valence-electron chi connectivity index (χ2n) is 5.51. The third-order valence-electron chi connectivity index (χ3n) is 3.65. The zero-order valence-corrected chi connectivity index (χ0v) is 11.9. The van der Waals surface area contributed by atoms with E-state index >= 15 is 0 Å². The molecule has 2 N–H and O–H groups in total. The van der Waals surface area contributed by atoms with Crippen molar-refractivity contribution in [3.8, 4) is 5.75 Å². The highest BCUT2D eigenvalue weighted by atomic mass is 19.1. The number of hydrogen-bond donors (Lipinski definition) is 2. The summed E-state index contributed by atoms with van der Waals surface area (Å²) in [5.41, 5.74) is 0.151. The van der Waals surface area contributed by atoms with Crippen molar-refractivity contribution in [2.45, 2.75) is 38.8 Å². The van der Waals surface area contributed by atoms with Gasteiger partial charge in [-0.1, -0.05) is 0 Å². The maximum Gasteiger partial charge on any atom is 0.257 e. The van der Waals surface area contributed by atoms with Gasteiger partial charge < -0.3 is 15.3 Å². The van der Waals surface area contributed by atoms with E-state index in [1.165, 1.54) is 12.1 Å².